The van der Waals surface area contributed by atoms with Crippen molar-refractivity contribution < 1.29 is 9.50 Å². The molecule has 0 spiro atoms. The summed E-state index contributed by atoms with van der Waals surface area (Å²) in [6, 6.07) is 9.98. The van der Waals surface area contributed by atoms with Crippen LogP contribution in [0.1, 0.15) is 0 Å². The Kier molecular flexibility index (Phi) is 2.84. The Labute approximate surface area is 114 Å². The Balaban J connectivity index is 2.33. The summed E-state index contributed by atoms with van der Waals surface area (Å²) in [5.74, 6) is -0.778. The zero-order chi connectivity index (χ0) is 13.4. The predicted molar refractivity (Wildman–Crippen MR) is 73.8 cm³/mol. The molecule has 0 bridgehead atoms. The van der Waals surface area contributed by atoms with Crippen LogP contribution in [0.15, 0.2) is 48.8 Å². The van der Waals surface area contributed by atoms with Crippen molar-refractivity contribution in [2.24, 2.45) is 0 Å². The van der Waals surface area contributed by atoms with E-state index in [1.807, 2.05) is 24.3 Å². The molecule has 4 heteroatoms. The third kappa shape index (κ3) is 2.02. The van der Waals surface area contributed by atoms with Crippen molar-refractivity contribution in [1.82, 2.24) is 4.98 Å². The number of rotatable bonds is 1. The smallest absolute Gasteiger partial charge is 0.145 e. The summed E-state index contributed by atoms with van der Waals surface area (Å²) >= 11 is 5.79. The zero-order valence-corrected chi connectivity index (χ0v) is 10.5. The summed E-state index contributed by atoms with van der Waals surface area (Å²) in [5.41, 5.74) is 1.26. The maximum atomic E-state index is 13.3. The van der Waals surface area contributed by atoms with Crippen molar-refractivity contribution in [3.8, 4) is 16.9 Å². The van der Waals surface area contributed by atoms with Crippen molar-refractivity contribution in [2.75, 3.05) is 0 Å². The van der Waals surface area contributed by atoms with Crippen LogP contribution in [0.3, 0.4) is 0 Å². The number of fused-ring (bicyclic) bond motifs is 1. The van der Waals surface area contributed by atoms with Gasteiger partial charge in [0, 0.05) is 29.4 Å². The van der Waals surface area contributed by atoms with Gasteiger partial charge in [0.05, 0.1) is 5.02 Å². The first-order chi connectivity index (χ1) is 9.16. The molecule has 1 heterocycles. The minimum atomic E-state index is -0.638. The lowest BCUT2D eigenvalue weighted by Crippen LogP contribution is -1.86. The van der Waals surface area contributed by atoms with E-state index in [0.717, 1.165) is 22.4 Å². The number of halogens is 2. The van der Waals surface area contributed by atoms with Crippen molar-refractivity contribution in [3.63, 3.8) is 0 Å². The average molecular weight is 274 g/mol. The van der Waals surface area contributed by atoms with Gasteiger partial charge in [0.15, 0.2) is 0 Å². The fourth-order valence-electron chi connectivity index (χ4n) is 2.10. The molecule has 0 radical (unpaired) electrons. The van der Waals surface area contributed by atoms with E-state index in [4.69, 9.17) is 11.6 Å². The Bertz CT molecular complexity index is 768. The molecule has 0 atom stereocenters. The van der Waals surface area contributed by atoms with E-state index in [9.17, 15) is 9.50 Å². The van der Waals surface area contributed by atoms with E-state index in [2.05, 4.69) is 4.98 Å². The van der Waals surface area contributed by atoms with Gasteiger partial charge in [-0.15, -0.1) is 0 Å². The van der Waals surface area contributed by atoms with Crippen LogP contribution in [0.5, 0.6) is 5.75 Å². The molecule has 3 aromatic rings. The van der Waals surface area contributed by atoms with Crippen molar-refractivity contribution in [3.05, 3.63) is 59.6 Å². The Morgan fingerprint density at radius 3 is 2.79 bits per heavy atom. The molecule has 0 fully saturated rings. The second-order valence-corrected chi connectivity index (χ2v) is 4.59. The van der Waals surface area contributed by atoms with E-state index in [1.165, 1.54) is 6.07 Å². The number of hydrogen-bond acceptors (Lipinski definition) is 2. The Morgan fingerprint density at radius 2 is 1.95 bits per heavy atom. The highest BCUT2D eigenvalue weighted by molar-refractivity contribution is 6.31. The van der Waals surface area contributed by atoms with Crippen LogP contribution in [-0.4, -0.2) is 10.1 Å². The number of nitrogens with zero attached hydrogens (tertiary/aromatic N) is 1. The molecular weight excluding hydrogens is 265 g/mol. The highest BCUT2D eigenvalue weighted by atomic mass is 35.5. The molecule has 0 amide bonds. The molecule has 0 saturated carbocycles. The number of phenolic OH excluding ortho intramolecular Hbond substituents is 1. The van der Waals surface area contributed by atoms with Gasteiger partial charge in [-0.2, -0.15) is 0 Å². The van der Waals surface area contributed by atoms with Gasteiger partial charge in [-0.05, 0) is 23.1 Å². The highest BCUT2D eigenvalue weighted by Gasteiger charge is 2.12. The second-order valence-electron chi connectivity index (χ2n) is 4.19. The van der Waals surface area contributed by atoms with Gasteiger partial charge in [0.2, 0.25) is 0 Å². The van der Waals surface area contributed by atoms with Crippen LogP contribution < -0.4 is 0 Å². The standard InChI is InChI=1S/C15H9ClFNO/c16-13-6-11(15(19)7-14(13)17)10-3-1-2-9-4-5-18-8-12(9)10/h1-8,19H. The third-order valence-electron chi connectivity index (χ3n) is 3.01. The lowest BCUT2D eigenvalue weighted by atomic mass is 9.99. The SMILES string of the molecule is Oc1cc(F)c(Cl)cc1-c1cccc2ccncc12. The fraction of sp³-hybridized carbons (Fsp3) is 0. The summed E-state index contributed by atoms with van der Waals surface area (Å²) in [6.45, 7) is 0. The Hall–Kier alpha value is -2.13. The van der Waals surface area contributed by atoms with E-state index >= 15 is 0 Å². The molecule has 1 N–H and O–H groups in total. The number of pyridine rings is 1. The van der Waals surface area contributed by atoms with Crippen molar-refractivity contribution >= 4 is 22.4 Å². The highest BCUT2D eigenvalue weighted by Crippen LogP contribution is 2.36. The first-order valence-electron chi connectivity index (χ1n) is 5.68. The number of aromatic nitrogens is 1. The molecule has 94 valence electrons. The molecule has 1 aromatic heterocycles. The van der Waals surface area contributed by atoms with Gasteiger partial charge in [-0.25, -0.2) is 4.39 Å². The normalized spacial score (nSPS) is 10.8. The first kappa shape index (κ1) is 11.9. The molecular formula is C15H9ClFNO. The maximum Gasteiger partial charge on any atom is 0.145 e. The number of aromatic hydroxyl groups is 1. The molecule has 19 heavy (non-hydrogen) atoms. The molecule has 0 aliphatic rings. The van der Waals surface area contributed by atoms with Gasteiger partial charge >= 0.3 is 0 Å². The average Bonchev–Trinajstić information content (AvgIpc) is 2.42. The lowest BCUT2D eigenvalue weighted by molar-refractivity contribution is 0.471. The van der Waals surface area contributed by atoms with Gasteiger partial charge in [0.25, 0.3) is 0 Å². The summed E-state index contributed by atoms with van der Waals surface area (Å²) in [7, 11) is 0. The monoisotopic (exact) mass is 273 g/mol. The van der Waals surface area contributed by atoms with Crippen molar-refractivity contribution in [1.29, 1.82) is 0 Å². The van der Waals surface area contributed by atoms with E-state index in [-0.39, 0.29) is 10.8 Å². The van der Waals surface area contributed by atoms with Gasteiger partial charge < -0.3 is 5.11 Å². The van der Waals surface area contributed by atoms with Crippen molar-refractivity contribution in [2.45, 2.75) is 0 Å². The van der Waals surface area contributed by atoms with Crippen LogP contribution in [0.4, 0.5) is 4.39 Å². The van der Waals surface area contributed by atoms with Crippen LogP contribution in [-0.2, 0) is 0 Å². The second kappa shape index (κ2) is 4.52. The number of hydrogen-bond donors (Lipinski definition) is 1. The van der Waals surface area contributed by atoms with Crippen LogP contribution in [0.25, 0.3) is 21.9 Å². The minimum absolute atomic E-state index is 0.0197. The molecule has 3 rings (SSSR count). The summed E-state index contributed by atoms with van der Waals surface area (Å²) in [5, 5.41) is 11.8. The maximum absolute atomic E-state index is 13.3. The number of benzene rings is 2. The Morgan fingerprint density at radius 1 is 1.11 bits per heavy atom. The van der Waals surface area contributed by atoms with E-state index in [0.29, 0.717) is 5.56 Å². The summed E-state index contributed by atoms with van der Waals surface area (Å²) < 4.78 is 13.3. The van der Waals surface area contributed by atoms with Gasteiger partial charge in [-0.1, -0.05) is 29.8 Å². The van der Waals surface area contributed by atoms with E-state index in [1.54, 1.807) is 12.4 Å². The van der Waals surface area contributed by atoms with Crippen LogP contribution >= 0.6 is 11.6 Å². The molecule has 0 aliphatic heterocycles. The summed E-state index contributed by atoms with van der Waals surface area (Å²) in [6.07, 6.45) is 3.41. The summed E-state index contributed by atoms with van der Waals surface area (Å²) in [4.78, 5) is 4.08. The van der Waals surface area contributed by atoms with Gasteiger partial charge in [0.1, 0.15) is 11.6 Å². The van der Waals surface area contributed by atoms with Crippen LogP contribution in [0, 0.1) is 5.82 Å². The topological polar surface area (TPSA) is 33.1 Å². The lowest BCUT2D eigenvalue weighted by Gasteiger charge is -2.09. The largest absolute Gasteiger partial charge is 0.507 e. The molecule has 0 saturated heterocycles. The fourth-order valence-corrected chi connectivity index (χ4v) is 2.26. The molecule has 0 aliphatic carbocycles. The molecule has 2 nitrogen and oxygen atoms in total. The third-order valence-corrected chi connectivity index (χ3v) is 3.30. The first-order valence-corrected chi connectivity index (χ1v) is 6.06. The van der Waals surface area contributed by atoms with E-state index < -0.39 is 5.82 Å². The number of phenols is 1. The molecule has 2 aromatic carbocycles. The zero-order valence-electron chi connectivity index (χ0n) is 9.77. The predicted octanol–water partition coefficient (Wildman–Crippen LogP) is 4.40. The molecule has 0 unspecified atom stereocenters. The van der Waals surface area contributed by atoms with Crippen LogP contribution in [0.2, 0.25) is 5.02 Å². The van der Waals surface area contributed by atoms with Gasteiger partial charge in [-0.3, -0.25) is 4.98 Å². The minimum Gasteiger partial charge on any atom is -0.507 e. The quantitative estimate of drug-likeness (QED) is 0.713.